The van der Waals surface area contributed by atoms with E-state index in [1.807, 2.05) is 50.3 Å². The maximum absolute atomic E-state index is 11.2. The molecule has 1 heterocycles. The van der Waals surface area contributed by atoms with Crippen molar-refractivity contribution in [3.63, 3.8) is 0 Å². The van der Waals surface area contributed by atoms with Gasteiger partial charge in [-0.05, 0) is 38.1 Å². The summed E-state index contributed by atoms with van der Waals surface area (Å²) < 4.78 is 11.3. The van der Waals surface area contributed by atoms with Crippen LogP contribution in [0.2, 0.25) is 0 Å². The van der Waals surface area contributed by atoms with Crippen LogP contribution in [0, 0.1) is 10.1 Å². The van der Waals surface area contributed by atoms with Gasteiger partial charge in [-0.3, -0.25) is 10.1 Å². The fourth-order valence-corrected chi connectivity index (χ4v) is 2.75. The highest BCUT2D eigenvalue weighted by molar-refractivity contribution is 5.88. The molecule has 0 N–H and O–H groups in total. The Morgan fingerprint density at radius 3 is 2.56 bits per heavy atom. The number of nitro benzene ring substituents is 1. The van der Waals surface area contributed by atoms with Gasteiger partial charge in [0, 0.05) is 17.0 Å². The molecule has 138 valence electrons. The zero-order valence-corrected chi connectivity index (χ0v) is 15.4. The number of non-ortho nitro benzene ring substituents is 1. The Kier molecular flexibility index (Phi) is 5.35. The van der Waals surface area contributed by atoms with Gasteiger partial charge in [-0.2, -0.15) is 0 Å². The van der Waals surface area contributed by atoms with Crippen LogP contribution in [0.1, 0.15) is 25.1 Å². The highest BCUT2D eigenvalue weighted by Crippen LogP contribution is 2.33. The Bertz CT molecular complexity index is 1010. The first-order valence-electron chi connectivity index (χ1n) is 8.55. The molecule has 3 rings (SSSR count). The molecule has 0 atom stereocenters. The van der Waals surface area contributed by atoms with Gasteiger partial charge in [-0.1, -0.05) is 30.3 Å². The number of nitrogens with zero attached hydrogens (tertiary/aromatic N) is 2. The number of hydrogen-bond donors (Lipinski definition) is 0. The maximum Gasteiger partial charge on any atom is 0.295 e. The zero-order chi connectivity index (χ0) is 19.4. The molecular formula is C21H20N2O4. The van der Waals surface area contributed by atoms with Crippen LogP contribution >= 0.6 is 0 Å². The predicted octanol–water partition coefficient (Wildman–Crippen LogP) is 5.11. The van der Waals surface area contributed by atoms with Gasteiger partial charge in [-0.25, -0.2) is 4.98 Å². The van der Waals surface area contributed by atoms with E-state index in [0.29, 0.717) is 22.7 Å². The molecule has 2 aromatic carbocycles. The molecule has 0 amide bonds. The van der Waals surface area contributed by atoms with Crippen LogP contribution in [0.3, 0.4) is 0 Å². The first-order valence-corrected chi connectivity index (χ1v) is 8.55. The second kappa shape index (κ2) is 7.86. The van der Waals surface area contributed by atoms with Crippen LogP contribution < -0.4 is 9.47 Å². The van der Waals surface area contributed by atoms with E-state index in [9.17, 15) is 10.1 Å². The van der Waals surface area contributed by atoms with E-state index in [-0.39, 0.29) is 11.8 Å². The number of rotatable bonds is 6. The van der Waals surface area contributed by atoms with Crippen molar-refractivity contribution in [2.75, 3.05) is 7.11 Å². The van der Waals surface area contributed by atoms with Crippen molar-refractivity contribution in [3.05, 3.63) is 69.9 Å². The van der Waals surface area contributed by atoms with Crippen molar-refractivity contribution < 1.29 is 14.4 Å². The van der Waals surface area contributed by atoms with E-state index in [1.54, 1.807) is 25.3 Å². The number of nitro groups is 1. The van der Waals surface area contributed by atoms with Gasteiger partial charge in [-0.15, -0.1) is 0 Å². The van der Waals surface area contributed by atoms with E-state index in [0.717, 1.165) is 10.9 Å². The summed E-state index contributed by atoms with van der Waals surface area (Å²) in [6.07, 6.45) is 3.66. The standard InChI is InChI=1S/C21H20N2O4/c1-14(2)27-21-16(7-5-9-19(21)26-3)11-13-17-12-10-15-6-4-8-18(23(24)25)20(15)22-17/h4-14H,1-3H3. The Morgan fingerprint density at radius 2 is 1.85 bits per heavy atom. The van der Waals surface area contributed by atoms with Gasteiger partial charge in [0.05, 0.1) is 23.8 Å². The number of benzene rings is 2. The van der Waals surface area contributed by atoms with Crippen molar-refractivity contribution >= 4 is 28.7 Å². The number of hydrogen-bond acceptors (Lipinski definition) is 5. The van der Waals surface area contributed by atoms with Gasteiger partial charge in [0.2, 0.25) is 0 Å². The number of para-hydroxylation sites is 2. The van der Waals surface area contributed by atoms with Crippen LogP contribution in [0.4, 0.5) is 5.69 Å². The average Bonchev–Trinajstić information content (AvgIpc) is 2.65. The molecule has 0 saturated carbocycles. The Labute approximate surface area is 157 Å². The summed E-state index contributed by atoms with van der Waals surface area (Å²) >= 11 is 0. The Morgan fingerprint density at radius 1 is 1.07 bits per heavy atom. The molecule has 0 radical (unpaired) electrons. The van der Waals surface area contributed by atoms with E-state index in [4.69, 9.17) is 9.47 Å². The van der Waals surface area contributed by atoms with Crippen molar-refractivity contribution in [2.45, 2.75) is 20.0 Å². The molecule has 0 fully saturated rings. The quantitative estimate of drug-likeness (QED) is 0.449. The third-order valence-corrected chi connectivity index (χ3v) is 3.93. The zero-order valence-electron chi connectivity index (χ0n) is 15.4. The van der Waals surface area contributed by atoms with Crippen molar-refractivity contribution in [1.29, 1.82) is 0 Å². The van der Waals surface area contributed by atoms with Crippen molar-refractivity contribution in [3.8, 4) is 11.5 Å². The lowest BCUT2D eigenvalue weighted by Crippen LogP contribution is -2.07. The molecule has 0 spiro atoms. The van der Waals surface area contributed by atoms with E-state index in [1.165, 1.54) is 6.07 Å². The van der Waals surface area contributed by atoms with E-state index >= 15 is 0 Å². The van der Waals surface area contributed by atoms with Gasteiger partial charge in [0.15, 0.2) is 11.5 Å². The minimum Gasteiger partial charge on any atom is -0.493 e. The molecule has 27 heavy (non-hydrogen) atoms. The first kappa shape index (κ1) is 18.4. The fraction of sp³-hybridized carbons (Fsp3) is 0.190. The van der Waals surface area contributed by atoms with Crippen molar-refractivity contribution in [2.24, 2.45) is 0 Å². The third-order valence-electron chi connectivity index (χ3n) is 3.93. The summed E-state index contributed by atoms with van der Waals surface area (Å²) in [5.41, 5.74) is 1.82. The van der Waals surface area contributed by atoms with E-state index < -0.39 is 4.92 Å². The van der Waals surface area contributed by atoms with Gasteiger partial charge in [0.25, 0.3) is 5.69 Å². The summed E-state index contributed by atoms with van der Waals surface area (Å²) in [4.78, 5) is 15.3. The van der Waals surface area contributed by atoms with Gasteiger partial charge in [0.1, 0.15) is 5.52 Å². The summed E-state index contributed by atoms with van der Waals surface area (Å²) in [5.74, 6) is 1.30. The van der Waals surface area contributed by atoms with Crippen LogP contribution in [-0.4, -0.2) is 23.1 Å². The molecule has 6 heteroatoms. The number of ether oxygens (including phenoxy) is 2. The Balaban J connectivity index is 2.01. The largest absolute Gasteiger partial charge is 0.493 e. The van der Waals surface area contributed by atoms with Crippen molar-refractivity contribution in [1.82, 2.24) is 4.98 Å². The lowest BCUT2D eigenvalue weighted by Gasteiger charge is -2.15. The molecule has 0 aliphatic carbocycles. The van der Waals surface area contributed by atoms with Crippen LogP contribution in [0.15, 0.2) is 48.5 Å². The molecule has 0 saturated heterocycles. The fourth-order valence-electron chi connectivity index (χ4n) is 2.75. The number of pyridine rings is 1. The molecule has 0 unspecified atom stereocenters. The summed E-state index contributed by atoms with van der Waals surface area (Å²) in [7, 11) is 1.60. The second-order valence-corrected chi connectivity index (χ2v) is 6.22. The van der Waals surface area contributed by atoms with Gasteiger partial charge >= 0.3 is 0 Å². The number of fused-ring (bicyclic) bond motifs is 1. The molecule has 1 aromatic heterocycles. The number of aromatic nitrogens is 1. The summed E-state index contributed by atoms with van der Waals surface area (Å²) in [5, 5.41) is 12.0. The lowest BCUT2D eigenvalue weighted by molar-refractivity contribution is -0.383. The molecule has 6 nitrogen and oxygen atoms in total. The molecule has 0 aliphatic rings. The Hall–Kier alpha value is -3.41. The highest BCUT2D eigenvalue weighted by atomic mass is 16.6. The molecule has 0 bridgehead atoms. The topological polar surface area (TPSA) is 74.5 Å². The first-order chi connectivity index (χ1) is 13.0. The van der Waals surface area contributed by atoms with E-state index in [2.05, 4.69) is 4.98 Å². The third kappa shape index (κ3) is 4.06. The molecule has 3 aromatic rings. The average molecular weight is 364 g/mol. The van der Waals surface area contributed by atoms with Crippen LogP contribution in [0.25, 0.3) is 23.1 Å². The smallest absolute Gasteiger partial charge is 0.295 e. The lowest BCUT2D eigenvalue weighted by atomic mass is 10.1. The summed E-state index contributed by atoms with van der Waals surface area (Å²) in [6.45, 7) is 3.90. The number of methoxy groups -OCH3 is 1. The highest BCUT2D eigenvalue weighted by Gasteiger charge is 2.13. The van der Waals surface area contributed by atoms with Crippen LogP contribution in [-0.2, 0) is 0 Å². The second-order valence-electron chi connectivity index (χ2n) is 6.22. The molecule has 0 aliphatic heterocycles. The van der Waals surface area contributed by atoms with Gasteiger partial charge < -0.3 is 9.47 Å². The van der Waals surface area contributed by atoms with Crippen LogP contribution in [0.5, 0.6) is 11.5 Å². The normalized spacial score (nSPS) is 11.3. The minimum atomic E-state index is -0.417. The summed E-state index contributed by atoms with van der Waals surface area (Å²) in [6, 6.07) is 14.2. The minimum absolute atomic E-state index is 0.00473. The predicted molar refractivity (Wildman–Crippen MR) is 106 cm³/mol. The maximum atomic E-state index is 11.2. The SMILES string of the molecule is COc1cccc(C=Cc2ccc3cccc([N+](=O)[O-])c3n2)c1OC(C)C. The monoisotopic (exact) mass is 364 g/mol. The molecular weight excluding hydrogens is 344 g/mol.